The fraction of sp³-hybridized carbons (Fsp3) is 0.130. The maximum absolute atomic E-state index is 13.0. The Morgan fingerprint density at radius 2 is 1.97 bits per heavy atom. The van der Waals surface area contributed by atoms with Gasteiger partial charge in [-0.25, -0.2) is 0 Å². The molecule has 0 aliphatic carbocycles. The van der Waals surface area contributed by atoms with Crippen molar-refractivity contribution in [2.45, 2.75) is 12.3 Å². The van der Waals surface area contributed by atoms with Gasteiger partial charge in [0.1, 0.15) is 17.2 Å². The predicted molar refractivity (Wildman–Crippen MR) is 109 cm³/mol. The molecule has 3 heterocycles. The number of esters is 1. The quantitative estimate of drug-likeness (QED) is 0.356. The summed E-state index contributed by atoms with van der Waals surface area (Å²) in [4.78, 5) is 25.1. The average molecular weight is 404 g/mol. The van der Waals surface area contributed by atoms with Gasteiger partial charge in [0.05, 0.1) is 19.1 Å². The van der Waals surface area contributed by atoms with Crippen molar-refractivity contribution in [1.29, 1.82) is 0 Å². The van der Waals surface area contributed by atoms with E-state index in [0.29, 0.717) is 22.8 Å². The third-order valence-corrected chi connectivity index (χ3v) is 5.85. The highest BCUT2D eigenvalue weighted by molar-refractivity contribution is 7.08. The zero-order valence-electron chi connectivity index (χ0n) is 15.5. The average Bonchev–Trinajstić information content (AvgIpc) is 3.37. The molecule has 5 nitrogen and oxygen atoms in total. The van der Waals surface area contributed by atoms with Crippen LogP contribution < -0.4 is 14.2 Å². The molecule has 29 heavy (non-hydrogen) atoms. The third-order valence-electron chi connectivity index (χ3n) is 5.15. The molecule has 0 bridgehead atoms. The van der Waals surface area contributed by atoms with E-state index in [4.69, 9.17) is 14.2 Å². The molecule has 2 aliphatic heterocycles. The molecule has 0 spiro atoms. The lowest BCUT2D eigenvalue weighted by Crippen LogP contribution is -2.21. The maximum Gasteiger partial charge on any atom is 0.312 e. The number of methoxy groups -OCH3 is 1. The standard InChI is InChI=1S/C23H16O5S/c1-26-17-5-3-2-4-13(17)10-19-22(25)15-6-7-18-21(23(15)28-19)16(11-20(24)27-18)14-8-9-29-12-14/h2-10,12,16H,11H2,1H3. The molecule has 2 aromatic carbocycles. The highest BCUT2D eigenvalue weighted by Gasteiger charge is 2.38. The normalized spacial score (nSPS) is 18.8. The molecular weight excluding hydrogens is 388 g/mol. The van der Waals surface area contributed by atoms with Crippen LogP contribution in [-0.4, -0.2) is 18.9 Å². The van der Waals surface area contributed by atoms with Gasteiger partial charge in [-0.3, -0.25) is 9.59 Å². The maximum atomic E-state index is 13.0. The van der Waals surface area contributed by atoms with E-state index in [-0.39, 0.29) is 29.9 Å². The van der Waals surface area contributed by atoms with Crippen LogP contribution in [-0.2, 0) is 4.79 Å². The van der Waals surface area contributed by atoms with Crippen LogP contribution >= 0.6 is 11.3 Å². The van der Waals surface area contributed by atoms with E-state index >= 15 is 0 Å². The zero-order chi connectivity index (χ0) is 20.0. The number of hydrogen-bond acceptors (Lipinski definition) is 6. The van der Waals surface area contributed by atoms with Crippen LogP contribution in [0.25, 0.3) is 6.08 Å². The number of thiophene rings is 1. The van der Waals surface area contributed by atoms with Crippen LogP contribution in [0.3, 0.4) is 0 Å². The van der Waals surface area contributed by atoms with E-state index in [1.165, 1.54) is 0 Å². The van der Waals surface area contributed by atoms with Gasteiger partial charge in [-0.15, -0.1) is 0 Å². The molecule has 0 N–H and O–H groups in total. The minimum Gasteiger partial charge on any atom is -0.496 e. The second kappa shape index (κ2) is 6.90. The van der Waals surface area contributed by atoms with Gasteiger partial charge >= 0.3 is 5.97 Å². The minimum atomic E-state index is -0.289. The molecule has 0 radical (unpaired) electrons. The first-order valence-electron chi connectivity index (χ1n) is 9.12. The number of rotatable bonds is 3. The number of ether oxygens (including phenoxy) is 3. The van der Waals surface area contributed by atoms with Crippen molar-refractivity contribution >= 4 is 29.2 Å². The van der Waals surface area contributed by atoms with Crippen LogP contribution in [0, 0.1) is 0 Å². The van der Waals surface area contributed by atoms with Gasteiger partial charge in [0.15, 0.2) is 5.76 Å². The Balaban J connectivity index is 1.62. The van der Waals surface area contributed by atoms with Gasteiger partial charge in [0, 0.05) is 17.0 Å². The van der Waals surface area contributed by atoms with Gasteiger partial charge in [-0.1, -0.05) is 18.2 Å². The van der Waals surface area contributed by atoms with E-state index < -0.39 is 0 Å². The molecule has 3 aromatic rings. The number of hydrogen-bond donors (Lipinski definition) is 0. The monoisotopic (exact) mass is 404 g/mol. The van der Waals surface area contributed by atoms with Crippen LogP contribution in [0.15, 0.2) is 59.0 Å². The number of carbonyl (C=O) groups excluding carboxylic acids is 2. The van der Waals surface area contributed by atoms with Gasteiger partial charge in [-0.05, 0) is 46.7 Å². The first-order valence-corrected chi connectivity index (χ1v) is 10.1. The van der Waals surface area contributed by atoms with E-state index in [1.807, 2.05) is 41.1 Å². The topological polar surface area (TPSA) is 61.8 Å². The smallest absolute Gasteiger partial charge is 0.312 e. The number of allylic oxidation sites excluding steroid dienone is 1. The Labute approximate surface area is 171 Å². The fourth-order valence-corrected chi connectivity index (χ4v) is 4.51. The van der Waals surface area contributed by atoms with Crippen LogP contribution in [0.2, 0.25) is 0 Å². The Kier molecular flexibility index (Phi) is 4.21. The van der Waals surface area contributed by atoms with Crippen molar-refractivity contribution in [3.8, 4) is 17.2 Å². The van der Waals surface area contributed by atoms with Crippen molar-refractivity contribution in [3.63, 3.8) is 0 Å². The summed E-state index contributed by atoms with van der Waals surface area (Å²) in [5.41, 5.74) is 2.99. The summed E-state index contributed by atoms with van der Waals surface area (Å²) >= 11 is 1.56. The van der Waals surface area contributed by atoms with Gasteiger partial charge in [0.25, 0.3) is 0 Å². The molecule has 144 valence electrons. The summed E-state index contributed by atoms with van der Waals surface area (Å²) in [6.07, 6.45) is 1.89. The summed E-state index contributed by atoms with van der Waals surface area (Å²) in [6.45, 7) is 0. The summed E-state index contributed by atoms with van der Waals surface area (Å²) in [5.74, 6) is 1.10. The molecule has 2 aliphatic rings. The Morgan fingerprint density at radius 1 is 1.10 bits per heavy atom. The van der Waals surface area contributed by atoms with Crippen molar-refractivity contribution in [2.75, 3.05) is 7.11 Å². The zero-order valence-corrected chi connectivity index (χ0v) is 16.3. The highest BCUT2D eigenvalue weighted by atomic mass is 32.1. The van der Waals surface area contributed by atoms with Gasteiger partial charge in [-0.2, -0.15) is 11.3 Å². The Morgan fingerprint density at radius 3 is 2.76 bits per heavy atom. The summed E-state index contributed by atoms with van der Waals surface area (Å²) < 4.78 is 16.9. The molecule has 0 saturated heterocycles. The number of benzene rings is 2. The molecule has 0 fully saturated rings. The van der Waals surface area contributed by atoms with Crippen molar-refractivity contribution < 1.29 is 23.8 Å². The molecule has 6 heteroatoms. The third kappa shape index (κ3) is 2.93. The van der Waals surface area contributed by atoms with Crippen molar-refractivity contribution in [3.05, 3.63) is 81.2 Å². The molecule has 1 unspecified atom stereocenters. The van der Waals surface area contributed by atoms with Crippen LogP contribution in [0.5, 0.6) is 17.2 Å². The Hall–Kier alpha value is -3.38. The van der Waals surface area contributed by atoms with E-state index in [1.54, 1.807) is 36.7 Å². The predicted octanol–water partition coefficient (Wildman–Crippen LogP) is 4.81. The Bertz CT molecular complexity index is 1160. The largest absolute Gasteiger partial charge is 0.496 e. The number of Topliss-reactive ketones (excluding diaryl/α,β-unsaturated/α-hetero) is 1. The molecule has 1 atom stereocenters. The second-order valence-corrected chi connectivity index (χ2v) is 7.60. The number of carbonyl (C=O) groups is 2. The van der Waals surface area contributed by atoms with E-state index in [9.17, 15) is 9.59 Å². The summed E-state index contributed by atoms with van der Waals surface area (Å²) in [7, 11) is 1.58. The highest BCUT2D eigenvalue weighted by Crippen LogP contribution is 2.49. The minimum absolute atomic E-state index is 0.199. The fourth-order valence-electron chi connectivity index (χ4n) is 3.79. The van der Waals surface area contributed by atoms with Gasteiger partial charge in [0.2, 0.25) is 5.78 Å². The first-order chi connectivity index (χ1) is 14.2. The van der Waals surface area contributed by atoms with Crippen molar-refractivity contribution in [2.24, 2.45) is 0 Å². The molecule has 0 amide bonds. The van der Waals surface area contributed by atoms with E-state index in [0.717, 1.165) is 16.7 Å². The number of fused-ring (bicyclic) bond motifs is 3. The summed E-state index contributed by atoms with van der Waals surface area (Å²) in [5, 5.41) is 3.98. The van der Waals surface area contributed by atoms with Crippen LogP contribution in [0.4, 0.5) is 0 Å². The lowest BCUT2D eigenvalue weighted by atomic mass is 9.86. The molecule has 1 aromatic heterocycles. The molecular formula is C23H16O5S. The van der Waals surface area contributed by atoms with Gasteiger partial charge < -0.3 is 14.2 Å². The molecule has 5 rings (SSSR count). The lowest BCUT2D eigenvalue weighted by Gasteiger charge is -2.25. The lowest BCUT2D eigenvalue weighted by molar-refractivity contribution is -0.135. The molecule has 0 saturated carbocycles. The SMILES string of the molecule is COc1ccccc1C=C1Oc2c(ccc3c2C(c2ccsc2)CC(=O)O3)C1=O. The first kappa shape index (κ1) is 17.7. The van der Waals surface area contributed by atoms with Crippen LogP contribution in [0.1, 0.15) is 39.4 Å². The van der Waals surface area contributed by atoms with E-state index in [2.05, 4.69) is 0 Å². The second-order valence-electron chi connectivity index (χ2n) is 6.82. The number of ketones is 1. The number of para-hydroxylation sites is 1. The summed E-state index contributed by atoms with van der Waals surface area (Å²) in [6, 6.07) is 12.7. The van der Waals surface area contributed by atoms with Crippen molar-refractivity contribution in [1.82, 2.24) is 0 Å².